The maximum absolute atomic E-state index is 13.5. The number of nitrogens with one attached hydrogen (secondary N) is 1. The Hall–Kier alpha value is -3.01. The van der Waals surface area contributed by atoms with Gasteiger partial charge in [-0.05, 0) is 55.5 Å². The number of carbonyl (C=O) groups is 1. The predicted molar refractivity (Wildman–Crippen MR) is 128 cm³/mol. The van der Waals surface area contributed by atoms with Gasteiger partial charge in [-0.2, -0.15) is 4.39 Å². The van der Waals surface area contributed by atoms with Gasteiger partial charge in [-0.25, -0.2) is 4.57 Å². The Labute approximate surface area is 202 Å². The lowest BCUT2D eigenvalue weighted by Gasteiger charge is -2.15. The predicted octanol–water partition coefficient (Wildman–Crippen LogP) is 4.25. The molecule has 1 unspecified atom stereocenters. The molecule has 5 N–H and O–H groups in total. The molecule has 1 heterocycles. The van der Waals surface area contributed by atoms with Gasteiger partial charge in [-0.15, -0.1) is 0 Å². The smallest absolute Gasteiger partial charge is 0.469 e. The highest BCUT2D eigenvalue weighted by Crippen LogP contribution is 2.36. The highest BCUT2D eigenvalue weighted by atomic mass is 31.2. The van der Waals surface area contributed by atoms with Gasteiger partial charge in [-0.1, -0.05) is 30.3 Å². The number of aryl methyl sites for hydroxylation is 1. The van der Waals surface area contributed by atoms with E-state index in [1.165, 1.54) is 23.8 Å². The summed E-state index contributed by atoms with van der Waals surface area (Å²) in [5, 5.41) is 2.53. The monoisotopic (exact) mass is 506 g/mol. The number of amides is 1. The van der Waals surface area contributed by atoms with Crippen LogP contribution in [-0.4, -0.2) is 34.9 Å². The molecule has 188 valence electrons. The molecule has 0 fully saturated rings. The van der Waals surface area contributed by atoms with Crippen molar-refractivity contribution in [1.29, 1.82) is 0 Å². The van der Waals surface area contributed by atoms with Crippen molar-refractivity contribution in [1.82, 2.24) is 0 Å². The number of furan rings is 1. The molecule has 3 aromatic rings. The first kappa shape index (κ1) is 26.6. The number of hydrogen-bond donors (Lipinski definition) is 4. The Balaban J connectivity index is 1.59. The van der Waals surface area contributed by atoms with Crippen molar-refractivity contribution in [3.63, 3.8) is 0 Å². The number of phosphoric acid groups is 1. The minimum absolute atomic E-state index is 0.215. The zero-order chi connectivity index (χ0) is 25.3. The van der Waals surface area contributed by atoms with E-state index in [1.807, 2.05) is 18.2 Å². The maximum Gasteiger partial charge on any atom is 0.469 e. The normalized spacial score (nSPS) is 12.3. The number of hydrogen-bond acceptors (Lipinski definition) is 6. The van der Waals surface area contributed by atoms with Crippen molar-refractivity contribution < 1.29 is 37.2 Å². The summed E-state index contributed by atoms with van der Waals surface area (Å²) < 4.78 is 39.6. The highest BCUT2D eigenvalue weighted by molar-refractivity contribution is 7.46. The molecule has 0 aliphatic rings. The molecule has 0 aliphatic carbocycles. The summed E-state index contributed by atoms with van der Waals surface area (Å²) in [4.78, 5) is 29.8. The van der Waals surface area contributed by atoms with E-state index >= 15 is 0 Å². The van der Waals surface area contributed by atoms with Gasteiger partial charge in [0.2, 0.25) is 5.91 Å². The summed E-state index contributed by atoms with van der Waals surface area (Å²) in [5.41, 5.74) is 7.65. The average Bonchev–Trinajstić information content (AvgIpc) is 3.26. The summed E-state index contributed by atoms with van der Waals surface area (Å²) in [6.45, 7) is -0.223. The van der Waals surface area contributed by atoms with Gasteiger partial charge in [0.25, 0.3) is 6.01 Å². The molecule has 3 rings (SSSR count). The number of benzene rings is 2. The van der Waals surface area contributed by atoms with E-state index < -0.39 is 32.4 Å². The summed E-state index contributed by atoms with van der Waals surface area (Å²) in [7, 11) is -4.75. The second-order valence-corrected chi connectivity index (χ2v) is 9.08. The van der Waals surface area contributed by atoms with Crippen LogP contribution in [0, 0.1) is 6.01 Å². The summed E-state index contributed by atoms with van der Waals surface area (Å²) in [5.74, 6) is -0.0524. The summed E-state index contributed by atoms with van der Waals surface area (Å²) >= 11 is 0. The number of ether oxygens (including phenoxy) is 1. The SMILES string of the molecule is NC(COP(=O)(O)O)C(=O)Nc1ccc(OCCCCCc2ccccc2)c(-c2ccc(F)o2)c1. The molecule has 9 nitrogen and oxygen atoms in total. The molecular formula is C24H28FN2O7P. The third-order valence-corrected chi connectivity index (χ3v) is 5.54. The average molecular weight is 506 g/mol. The van der Waals surface area contributed by atoms with Gasteiger partial charge in [0, 0.05) is 11.8 Å². The molecule has 2 aromatic carbocycles. The van der Waals surface area contributed by atoms with Crippen LogP contribution >= 0.6 is 7.82 Å². The highest BCUT2D eigenvalue weighted by Gasteiger charge is 2.21. The maximum atomic E-state index is 13.5. The van der Waals surface area contributed by atoms with Crippen LogP contribution in [0.4, 0.5) is 10.1 Å². The van der Waals surface area contributed by atoms with Crippen LogP contribution in [0.5, 0.6) is 5.75 Å². The van der Waals surface area contributed by atoms with Crippen molar-refractivity contribution >= 4 is 19.4 Å². The third-order valence-electron chi connectivity index (χ3n) is 5.05. The minimum atomic E-state index is -4.75. The van der Waals surface area contributed by atoms with Crippen molar-refractivity contribution in [2.45, 2.75) is 31.7 Å². The Bertz CT molecular complexity index is 1150. The summed E-state index contributed by atoms with van der Waals surface area (Å²) in [6, 6.07) is 15.5. The first-order valence-electron chi connectivity index (χ1n) is 11.0. The van der Waals surface area contributed by atoms with Gasteiger partial charge in [0.1, 0.15) is 17.6 Å². The number of nitrogens with two attached hydrogens (primary N) is 1. The number of carbonyl (C=O) groups excluding carboxylic acids is 1. The van der Waals surface area contributed by atoms with Crippen LogP contribution in [0.2, 0.25) is 0 Å². The standard InChI is InChI=1S/C24H28FN2O7P/c25-23-13-12-22(34-23)19-15-18(27-24(28)20(26)16-33-35(29,30)31)10-11-21(19)32-14-6-2-5-9-17-7-3-1-4-8-17/h1,3-4,7-8,10-13,15,20H,2,5-6,9,14,16,26H2,(H,27,28)(H2,29,30,31). The first-order chi connectivity index (χ1) is 16.7. The number of unbranched alkanes of at least 4 members (excludes halogenated alkanes) is 2. The Morgan fingerprint density at radius 3 is 2.54 bits per heavy atom. The van der Waals surface area contributed by atoms with Gasteiger partial charge >= 0.3 is 7.82 Å². The van der Waals surface area contributed by atoms with Crippen LogP contribution in [0.15, 0.2) is 65.1 Å². The molecule has 1 amide bonds. The molecule has 0 aliphatic heterocycles. The molecule has 35 heavy (non-hydrogen) atoms. The van der Waals surface area contributed by atoms with Crippen LogP contribution in [0.1, 0.15) is 24.8 Å². The first-order valence-corrected chi connectivity index (χ1v) is 12.6. The zero-order valence-electron chi connectivity index (χ0n) is 18.9. The third kappa shape index (κ3) is 8.93. The molecular weight excluding hydrogens is 478 g/mol. The Morgan fingerprint density at radius 2 is 1.86 bits per heavy atom. The summed E-state index contributed by atoms with van der Waals surface area (Å²) in [6.07, 6.45) is 3.82. The van der Waals surface area contributed by atoms with Crippen molar-refractivity contribution in [2.24, 2.45) is 5.73 Å². The van der Waals surface area contributed by atoms with Crippen molar-refractivity contribution in [3.05, 3.63) is 72.2 Å². The lowest BCUT2D eigenvalue weighted by Crippen LogP contribution is -2.39. The van der Waals surface area contributed by atoms with Gasteiger partial charge in [-0.3, -0.25) is 9.32 Å². The molecule has 0 spiro atoms. The van der Waals surface area contributed by atoms with Gasteiger partial charge in [0.05, 0.1) is 18.8 Å². The zero-order valence-corrected chi connectivity index (χ0v) is 19.8. The second-order valence-electron chi connectivity index (χ2n) is 7.84. The number of halogens is 1. The van der Waals surface area contributed by atoms with Crippen LogP contribution in [-0.2, 0) is 20.3 Å². The molecule has 0 saturated heterocycles. The second kappa shape index (κ2) is 12.6. The van der Waals surface area contributed by atoms with Crippen LogP contribution in [0.3, 0.4) is 0 Å². The number of anilines is 1. The molecule has 0 radical (unpaired) electrons. The van der Waals surface area contributed by atoms with Crippen molar-refractivity contribution in [2.75, 3.05) is 18.5 Å². The van der Waals surface area contributed by atoms with E-state index in [4.69, 9.17) is 24.7 Å². The molecule has 1 atom stereocenters. The lowest BCUT2D eigenvalue weighted by molar-refractivity contribution is -0.118. The van der Waals surface area contributed by atoms with E-state index in [-0.39, 0.29) is 5.76 Å². The van der Waals surface area contributed by atoms with Gasteiger partial charge < -0.3 is 30.0 Å². The van der Waals surface area contributed by atoms with E-state index in [2.05, 4.69) is 22.0 Å². The van der Waals surface area contributed by atoms with Gasteiger partial charge in [0.15, 0.2) is 0 Å². The van der Waals surface area contributed by atoms with E-state index in [1.54, 1.807) is 12.1 Å². The van der Waals surface area contributed by atoms with E-state index in [0.717, 1.165) is 25.7 Å². The van der Waals surface area contributed by atoms with E-state index in [9.17, 15) is 13.8 Å². The number of rotatable bonds is 13. The topological polar surface area (TPSA) is 144 Å². The Kier molecular flexibility index (Phi) is 9.59. The molecule has 11 heteroatoms. The number of phosphoric ester groups is 1. The van der Waals surface area contributed by atoms with E-state index in [0.29, 0.717) is 23.6 Å². The lowest BCUT2D eigenvalue weighted by atomic mass is 10.1. The largest absolute Gasteiger partial charge is 0.493 e. The minimum Gasteiger partial charge on any atom is -0.493 e. The quantitative estimate of drug-likeness (QED) is 0.199. The van der Waals surface area contributed by atoms with Crippen molar-refractivity contribution in [3.8, 4) is 17.1 Å². The molecule has 1 aromatic heterocycles. The Morgan fingerprint density at radius 1 is 1.09 bits per heavy atom. The van der Waals surface area contributed by atoms with Crippen LogP contribution < -0.4 is 15.8 Å². The van der Waals surface area contributed by atoms with Crippen LogP contribution in [0.25, 0.3) is 11.3 Å². The fraction of sp³-hybridized carbons (Fsp3) is 0.292. The molecule has 0 saturated carbocycles. The fourth-order valence-corrected chi connectivity index (χ4v) is 3.66. The fourth-order valence-electron chi connectivity index (χ4n) is 3.31. The molecule has 0 bridgehead atoms.